The molecule has 0 aromatic carbocycles. The molecule has 0 unspecified atom stereocenters. The number of carboxylic acid groups (broad SMARTS) is 1. The van der Waals surface area contributed by atoms with Crippen molar-refractivity contribution in [3.63, 3.8) is 0 Å². The number of nitrogens with two attached hydrogens (primary N) is 2. The molecule has 25 heavy (non-hydrogen) atoms. The van der Waals surface area contributed by atoms with Crippen LogP contribution in [0.4, 0.5) is 0 Å². The first-order valence-electron chi connectivity index (χ1n) is 9.15. The minimum Gasteiger partial charge on any atom is -0.479 e. The molecule has 0 heterocycles. The Kier molecular flexibility index (Phi) is 9.56. The van der Waals surface area contributed by atoms with Gasteiger partial charge in [0.2, 0.25) is 0 Å². The van der Waals surface area contributed by atoms with Gasteiger partial charge >= 0.3 is 13.8 Å². The molecule has 0 radical (unpaired) electrons. The molecule has 0 amide bonds. The molecular weight excluding hydrogens is 347 g/mol. The van der Waals surface area contributed by atoms with E-state index in [2.05, 4.69) is 4.52 Å². The number of phosphoric acid groups is 1. The lowest BCUT2D eigenvalue weighted by molar-refractivity contribution is -0.148. The highest BCUT2D eigenvalue weighted by atomic mass is 31.2. The molecule has 7 N–H and O–H groups in total. The quantitative estimate of drug-likeness (QED) is 0.467. The fraction of sp³-hybridized carbons (Fsp3) is 0.938. The minimum absolute atomic E-state index is 0.160. The lowest BCUT2D eigenvalue weighted by Gasteiger charge is -2.15. The molecule has 3 saturated carbocycles. The van der Waals surface area contributed by atoms with Crippen molar-refractivity contribution in [1.82, 2.24) is 0 Å². The van der Waals surface area contributed by atoms with Crippen molar-refractivity contribution in [2.45, 2.75) is 94.7 Å². The van der Waals surface area contributed by atoms with Crippen molar-refractivity contribution < 1.29 is 28.8 Å². The molecule has 0 aliphatic heterocycles. The zero-order valence-electron chi connectivity index (χ0n) is 14.8. The van der Waals surface area contributed by atoms with Crippen LogP contribution in [0.5, 0.6) is 0 Å². The summed E-state index contributed by atoms with van der Waals surface area (Å²) in [6, 6.07) is 1.07. The number of phosphoric ester groups is 1. The van der Waals surface area contributed by atoms with Gasteiger partial charge in [-0.1, -0.05) is 38.5 Å². The van der Waals surface area contributed by atoms with Crippen LogP contribution in [0.2, 0.25) is 0 Å². The van der Waals surface area contributed by atoms with Crippen LogP contribution >= 0.6 is 7.82 Å². The molecule has 0 bridgehead atoms. The van der Waals surface area contributed by atoms with Crippen LogP contribution in [0.1, 0.15) is 77.0 Å². The molecule has 3 aliphatic rings. The average molecular weight is 380 g/mol. The fourth-order valence-electron chi connectivity index (χ4n) is 2.95. The summed E-state index contributed by atoms with van der Waals surface area (Å²) in [7, 11) is -4.66. The van der Waals surface area contributed by atoms with Gasteiger partial charge in [0.25, 0.3) is 0 Å². The van der Waals surface area contributed by atoms with Gasteiger partial charge in [-0.2, -0.15) is 0 Å². The van der Waals surface area contributed by atoms with E-state index in [1.165, 1.54) is 64.2 Å². The molecule has 0 saturated heterocycles. The molecule has 0 spiro atoms. The summed E-state index contributed by atoms with van der Waals surface area (Å²) in [5.74, 6) is -1.32. The number of hydrogen-bond acceptors (Lipinski definition) is 5. The Morgan fingerprint density at radius 1 is 0.880 bits per heavy atom. The van der Waals surface area contributed by atoms with Crippen LogP contribution in [0, 0.1) is 0 Å². The average Bonchev–Trinajstić information content (AvgIpc) is 3.29. The van der Waals surface area contributed by atoms with E-state index in [1.54, 1.807) is 0 Å². The normalized spacial score (nSPS) is 23.5. The highest BCUT2D eigenvalue weighted by Crippen LogP contribution is 2.52. The lowest BCUT2D eigenvalue weighted by Crippen LogP contribution is -2.24. The number of carbonyl (C=O) groups is 1. The number of carboxylic acids is 1. The molecule has 8 nitrogen and oxygen atoms in total. The fourth-order valence-corrected chi connectivity index (χ4v) is 3.67. The van der Waals surface area contributed by atoms with Crippen molar-refractivity contribution in [2.24, 2.45) is 11.5 Å². The van der Waals surface area contributed by atoms with E-state index in [9.17, 15) is 9.36 Å². The topological polar surface area (TPSA) is 156 Å². The van der Waals surface area contributed by atoms with E-state index in [1.807, 2.05) is 0 Å². The van der Waals surface area contributed by atoms with E-state index in [-0.39, 0.29) is 12.8 Å². The smallest absolute Gasteiger partial charge is 0.470 e. The molecule has 0 aromatic rings. The SMILES string of the molecule is NC1CCCCC1.NC1CCCCC1.O=C(O)C1(OP(=O)(O)O)CC1. The lowest BCUT2D eigenvalue weighted by atomic mass is 9.97. The van der Waals surface area contributed by atoms with Gasteiger partial charge in [-0.15, -0.1) is 0 Å². The Morgan fingerprint density at radius 3 is 1.36 bits per heavy atom. The Labute approximate surface area is 149 Å². The molecular formula is C16H33N2O6P. The Balaban J connectivity index is 0.000000195. The number of rotatable bonds is 3. The molecule has 3 fully saturated rings. The zero-order valence-corrected chi connectivity index (χ0v) is 15.7. The van der Waals surface area contributed by atoms with Crippen molar-refractivity contribution in [1.29, 1.82) is 0 Å². The molecule has 9 heteroatoms. The van der Waals surface area contributed by atoms with Gasteiger partial charge in [0.05, 0.1) is 0 Å². The minimum atomic E-state index is -4.66. The van der Waals surface area contributed by atoms with Crippen LogP contribution < -0.4 is 11.5 Å². The monoisotopic (exact) mass is 380 g/mol. The Hall–Kier alpha value is -0.500. The van der Waals surface area contributed by atoms with Crippen molar-refractivity contribution in [3.8, 4) is 0 Å². The second-order valence-corrected chi connectivity index (χ2v) is 8.34. The maximum Gasteiger partial charge on any atom is 0.470 e. The molecule has 3 aliphatic carbocycles. The Morgan fingerprint density at radius 2 is 1.24 bits per heavy atom. The third-order valence-electron chi connectivity index (χ3n) is 4.69. The van der Waals surface area contributed by atoms with E-state index in [0.29, 0.717) is 12.1 Å². The molecule has 3 rings (SSSR count). The summed E-state index contributed by atoms with van der Waals surface area (Å²) in [5.41, 5.74) is 9.66. The van der Waals surface area contributed by atoms with Crippen molar-refractivity contribution in [3.05, 3.63) is 0 Å². The standard InChI is InChI=1S/2C6H13N.C4H7O6P/c2*7-6-4-2-1-3-5-6;5-3(6)4(1-2-4)10-11(7,8)9/h2*6H,1-5,7H2;1-2H2,(H,5,6)(H2,7,8,9). The molecule has 0 aromatic heterocycles. The highest BCUT2D eigenvalue weighted by molar-refractivity contribution is 7.46. The summed E-state index contributed by atoms with van der Waals surface area (Å²) in [6.07, 6.45) is 13.6. The Bertz CT molecular complexity index is 424. The van der Waals surface area contributed by atoms with Gasteiger partial charge in [0, 0.05) is 12.1 Å². The summed E-state index contributed by atoms with van der Waals surface area (Å²) >= 11 is 0. The van der Waals surface area contributed by atoms with E-state index >= 15 is 0 Å². The first-order chi connectivity index (χ1) is 11.6. The molecule has 148 valence electrons. The summed E-state index contributed by atoms with van der Waals surface area (Å²) in [4.78, 5) is 26.8. The maximum absolute atomic E-state index is 10.3. The third-order valence-corrected chi connectivity index (χ3v) is 5.27. The third kappa shape index (κ3) is 10.3. The largest absolute Gasteiger partial charge is 0.479 e. The predicted molar refractivity (Wildman–Crippen MR) is 94.9 cm³/mol. The van der Waals surface area contributed by atoms with Gasteiger partial charge in [0.1, 0.15) is 0 Å². The predicted octanol–water partition coefficient (Wildman–Crippen LogP) is 2.27. The second-order valence-electron chi connectivity index (χ2n) is 7.18. The summed E-state index contributed by atoms with van der Waals surface area (Å²) in [6.45, 7) is 0. The highest BCUT2D eigenvalue weighted by Gasteiger charge is 2.55. The number of aliphatic carboxylic acids is 1. The van der Waals surface area contributed by atoms with Crippen LogP contribution in [0.3, 0.4) is 0 Å². The summed E-state index contributed by atoms with van der Waals surface area (Å²) < 4.78 is 14.3. The van der Waals surface area contributed by atoms with Crippen molar-refractivity contribution >= 4 is 13.8 Å². The van der Waals surface area contributed by atoms with E-state index in [4.69, 9.17) is 26.4 Å². The zero-order chi connectivity index (χ0) is 18.9. The second kappa shape index (κ2) is 10.6. The van der Waals surface area contributed by atoms with Crippen LogP contribution in [0.25, 0.3) is 0 Å². The van der Waals surface area contributed by atoms with Crippen LogP contribution in [-0.4, -0.2) is 38.5 Å². The van der Waals surface area contributed by atoms with Crippen molar-refractivity contribution in [2.75, 3.05) is 0 Å². The first kappa shape index (κ1) is 22.5. The number of hydrogen-bond donors (Lipinski definition) is 5. The van der Waals surface area contributed by atoms with E-state index in [0.717, 1.165) is 0 Å². The van der Waals surface area contributed by atoms with Gasteiger partial charge in [0.15, 0.2) is 5.60 Å². The maximum atomic E-state index is 10.3. The van der Waals surface area contributed by atoms with Gasteiger partial charge in [-0.05, 0) is 38.5 Å². The molecule has 0 atom stereocenters. The van der Waals surface area contributed by atoms with Crippen LogP contribution in [0.15, 0.2) is 0 Å². The van der Waals surface area contributed by atoms with Gasteiger partial charge < -0.3 is 26.4 Å². The summed E-state index contributed by atoms with van der Waals surface area (Å²) in [5, 5.41) is 8.40. The van der Waals surface area contributed by atoms with Gasteiger partial charge in [-0.25, -0.2) is 9.36 Å². The van der Waals surface area contributed by atoms with E-state index < -0.39 is 19.4 Å². The first-order valence-corrected chi connectivity index (χ1v) is 10.7. The van der Waals surface area contributed by atoms with Gasteiger partial charge in [-0.3, -0.25) is 4.52 Å². The van der Waals surface area contributed by atoms with Crippen LogP contribution in [-0.2, 0) is 13.9 Å².